The predicted octanol–water partition coefficient (Wildman–Crippen LogP) is 1.76. The van der Waals surface area contributed by atoms with Gasteiger partial charge in [0.15, 0.2) is 0 Å². The Morgan fingerprint density at radius 2 is 2.07 bits per heavy atom. The zero-order valence-corrected chi connectivity index (χ0v) is 7.64. The van der Waals surface area contributed by atoms with Crippen LogP contribution in [0.5, 0.6) is 0 Å². The normalized spacial score (nSPS) is 25.2. The second-order valence-electron chi connectivity index (χ2n) is 3.43. The van der Waals surface area contributed by atoms with Crippen LogP contribution in [-0.4, -0.2) is 36.2 Å². The van der Waals surface area contributed by atoms with Gasteiger partial charge in [0.05, 0.1) is 6.54 Å². The van der Waals surface area contributed by atoms with E-state index in [9.17, 15) is 22.4 Å². The van der Waals surface area contributed by atoms with E-state index in [-0.39, 0.29) is 19.5 Å². The maximum atomic E-state index is 12.6. The predicted molar refractivity (Wildman–Crippen MR) is 41.3 cm³/mol. The topological polar surface area (TPSA) is 20.3 Å². The number of alkyl halides is 4. The van der Waals surface area contributed by atoms with Gasteiger partial charge in [0.1, 0.15) is 12.1 Å². The van der Waals surface area contributed by atoms with Crippen molar-refractivity contribution in [2.75, 3.05) is 13.1 Å². The average Bonchev–Trinajstić information content (AvgIpc) is 2.47. The third-order valence-electron chi connectivity index (χ3n) is 2.30. The lowest BCUT2D eigenvalue weighted by Crippen LogP contribution is -2.39. The van der Waals surface area contributed by atoms with Crippen LogP contribution in [0.25, 0.3) is 0 Å². The van der Waals surface area contributed by atoms with Crippen LogP contribution in [0.2, 0.25) is 0 Å². The number of hydrogen-bond acceptors (Lipinski definition) is 1. The molecule has 2 nitrogen and oxygen atoms in total. The Bertz CT molecular complexity index is 228. The number of amides is 1. The van der Waals surface area contributed by atoms with Crippen LogP contribution in [0.4, 0.5) is 17.6 Å². The van der Waals surface area contributed by atoms with Crippen molar-refractivity contribution < 1.29 is 22.4 Å². The SMILES string of the molecule is CC(C(=O)N1CC[C@H](F)C1)C(F)(F)F. The summed E-state index contributed by atoms with van der Waals surface area (Å²) >= 11 is 0. The van der Waals surface area contributed by atoms with Crippen LogP contribution in [0.15, 0.2) is 0 Å². The highest BCUT2D eigenvalue weighted by molar-refractivity contribution is 5.79. The second-order valence-corrected chi connectivity index (χ2v) is 3.43. The standard InChI is InChI=1S/C8H11F4NO/c1-5(8(10,11)12)7(14)13-3-2-6(9)4-13/h5-6H,2-4H2,1H3/t5?,6-/m0/s1. The fourth-order valence-corrected chi connectivity index (χ4v) is 1.33. The Hall–Kier alpha value is -0.810. The van der Waals surface area contributed by atoms with Gasteiger partial charge < -0.3 is 4.90 Å². The van der Waals surface area contributed by atoms with Gasteiger partial charge in [-0.25, -0.2) is 4.39 Å². The van der Waals surface area contributed by atoms with E-state index in [1.54, 1.807) is 0 Å². The zero-order chi connectivity index (χ0) is 10.9. The summed E-state index contributed by atoms with van der Waals surface area (Å²) in [5.74, 6) is -3.06. The summed E-state index contributed by atoms with van der Waals surface area (Å²) in [5.41, 5.74) is 0. The summed E-state index contributed by atoms with van der Waals surface area (Å²) in [6.07, 6.45) is -5.58. The van der Waals surface area contributed by atoms with Crippen LogP contribution in [0.1, 0.15) is 13.3 Å². The van der Waals surface area contributed by atoms with Crippen molar-refractivity contribution in [3.8, 4) is 0 Å². The summed E-state index contributed by atoms with van der Waals surface area (Å²) in [4.78, 5) is 12.1. The molecule has 0 spiro atoms. The molecule has 1 amide bonds. The summed E-state index contributed by atoms with van der Waals surface area (Å²) in [5, 5.41) is 0. The molecule has 0 aromatic carbocycles. The Morgan fingerprint density at radius 3 is 2.43 bits per heavy atom. The van der Waals surface area contributed by atoms with Gasteiger partial charge in [0, 0.05) is 6.54 Å². The molecule has 0 saturated carbocycles. The van der Waals surface area contributed by atoms with Crippen molar-refractivity contribution >= 4 is 5.91 Å². The molecule has 0 aromatic rings. The van der Waals surface area contributed by atoms with Gasteiger partial charge in [-0.2, -0.15) is 13.2 Å². The molecule has 1 aliphatic rings. The summed E-state index contributed by atoms with van der Waals surface area (Å²) < 4.78 is 48.9. The number of likely N-dealkylation sites (tertiary alicyclic amines) is 1. The van der Waals surface area contributed by atoms with E-state index in [0.29, 0.717) is 0 Å². The number of rotatable bonds is 1. The molecule has 6 heteroatoms. The monoisotopic (exact) mass is 213 g/mol. The highest BCUT2D eigenvalue weighted by atomic mass is 19.4. The van der Waals surface area contributed by atoms with Gasteiger partial charge in [-0.1, -0.05) is 0 Å². The van der Waals surface area contributed by atoms with Gasteiger partial charge in [-0.15, -0.1) is 0 Å². The molecule has 0 radical (unpaired) electrons. The second kappa shape index (κ2) is 3.74. The minimum absolute atomic E-state index is 0.0837. The van der Waals surface area contributed by atoms with Crippen molar-refractivity contribution in [2.45, 2.75) is 25.7 Å². The smallest absolute Gasteiger partial charge is 0.339 e. The summed E-state index contributed by atoms with van der Waals surface area (Å²) in [6, 6.07) is 0. The molecule has 1 fully saturated rings. The van der Waals surface area contributed by atoms with Gasteiger partial charge in [-0.3, -0.25) is 4.79 Å². The minimum atomic E-state index is -4.54. The molecule has 1 saturated heterocycles. The lowest BCUT2D eigenvalue weighted by atomic mass is 10.1. The average molecular weight is 213 g/mol. The number of carbonyl (C=O) groups excluding carboxylic acids is 1. The highest BCUT2D eigenvalue weighted by Crippen LogP contribution is 2.28. The fourth-order valence-electron chi connectivity index (χ4n) is 1.33. The van der Waals surface area contributed by atoms with Crippen molar-refractivity contribution in [3.63, 3.8) is 0 Å². The van der Waals surface area contributed by atoms with Crippen molar-refractivity contribution in [2.24, 2.45) is 5.92 Å². The first-order valence-electron chi connectivity index (χ1n) is 4.32. The van der Waals surface area contributed by atoms with E-state index in [2.05, 4.69) is 0 Å². The molecular formula is C8H11F4NO. The van der Waals surface area contributed by atoms with Gasteiger partial charge in [-0.05, 0) is 13.3 Å². The van der Waals surface area contributed by atoms with Crippen molar-refractivity contribution in [1.82, 2.24) is 4.90 Å². The largest absolute Gasteiger partial charge is 0.400 e. The van der Waals surface area contributed by atoms with Gasteiger partial charge in [0.25, 0.3) is 0 Å². The van der Waals surface area contributed by atoms with Crippen LogP contribution < -0.4 is 0 Å². The number of hydrogen-bond donors (Lipinski definition) is 0. The highest BCUT2D eigenvalue weighted by Gasteiger charge is 2.44. The molecule has 1 rings (SSSR count). The lowest BCUT2D eigenvalue weighted by molar-refractivity contribution is -0.184. The Kier molecular flexibility index (Phi) is 3.01. The Labute approximate surface area is 78.9 Å². The van der Waals surface area contributed by atoms with Gasteiger partial charge in [0.2, 0.25) is 5.91 Å². The first kappa shape index (κ1) is 11.3. The van der Waals surface area contributed by atoms with Crippen LogP contribution >= 0.6 is 0 Å². The van der Waals surface area contributed by atoms with Crippen molar-refractivity contribution in [1.29, 1.82) is 0 Å². The molecule has 14 heavy (non-hydrogen) atoms. The molecule has 1 unspecified atom stereocenters. The number of carbonyl (C=O) groups is 1. The first-order chi connectivity index (χ1) is 6.32. The molecule has 1 heterocycles. The zero-order valence-electron chi connectivity index (χ0n) is 7.64. The van der Waals surface area contributed by atoms with E-state index in [1.807, 2.05) is 0 Å². The molecule has 82 valence electrons. The Morgan fingerprint density at radius 1 is 1.50 bits per heavy atom. The van der Waals surface area contributed by atoms with E-state index in [4.69, 9.17) is 0 Å². The molecular weight excluding hydrogens is 202 g/mol. The molecule has 0 aliphatic carbocycles. The van der Waals surface area contributed by atoms with E-state index < -0.39 is 24.2 Å². The Balaban J connectivity index is 2.57. The van der Waals surface area contributed by atoms with Crippen LogP contribution in [0.3, 0.4) is 0 Å². The molecule has 0 N–H and O–H groups in total. The third kappa shape index (κ3) is 2.36. The summed E-state index contributed by atoms with van der Waals surface area (Å²) in [7, 11) is 0. The van der Waals surface area contributed by atoms with Crippen molar-refractivity contribution in [3.05, 3.63) is 0 Å². The quantitative estimate of drug-likeness (QED) is 0.608. The fraction of sp³-hybridized carbons (Fsp3) is 0.875. The van der Waals surface area contributed by atoms with Gasteiger partial charge >= 0.3 is 6.18 Å². The third-order valence-corrected chi connectivity index (χ3v) is 2.30. The maximum absolute atomic E-state index is 12.6. The molecule has 1 aliphatic heterocycles. The molecule has 0 aromatic heterocycles. The van der Waals surface area contributed by atoms with Crippen LogP contribution in [-0.2, 0) is 4.79 Å². The summed E-state index contributed by atoms with van der Waals surface area (Å²) in [6.45, 7) is 0.674. The maximum Gasteiger partial charge on any atom is 0.400 e. The first-order valence-corrected chi connectivity index (χ1v) is 4.32. The van der Waals surface area contributed by atoms with Crippen LogP contribution in [0, 0.1) is 5.92 Å². The minimum Gasteiger partial charge on any atom is -0.339 e. The van der Waals surface area contributed by atoms with E-state index >= 15 is 0 Å². The number of halogens is 4. The molecule has 0 bridgehead atoms. The van der Waals surface area contributed by atoms with E-state index in [1.165, 1.54) is 0 Å². The van der Waals surface area contributed by atoms with E-state index in [0.717, 1.165) is 11.8 Å². The number of nitrogens with zero attached hydrogens (tertiary/aromatic N) is 1. The molecule has 2 atom stereocenters. The lowest BCUT2D eigenvalue weighted by Gasteiger charge is -2.21.